The summed E-state index contributed by atoms with van der Waals surface area (Å²) in [7, 11) is -1.56. The molecular formula is C14H23NSi. The molecule has 0 N–H and O–H groups in total. The van der Waals surface area contributed by atoms with Gasteiger partial charge >= 0.3 is 0 Å². The van der Waals surface area contributed by atoms with E-state index in [0.29, 0.717) is 5.04 Å². The molecule has 0 fully saturated rings. The maximum atomic E-state index is 3.98. The fraction of sp³-hybridized carbons (Fsp3) is 0.429. The maximum absolute atomic E-state index is 3.98. The highest BCUT2D eigenvalue weighted by Gasteiger charge is 2.40. The lowest BCUT2D eigenvalue weighted by Crippen LogP contribution is -2.52. The third-order valence-electron chi connectivity index (χ3n) is 3.65. The van der Waals surface area contributed by atoms with Crippen LogP contribution in [0, 0.1) is 0 Å². The molecule has 0 spiro atoms. The quantitative estimate of drug-likeness (QED) is 0.687. The summed E-state index contributed by atoms with van der Waals surface area (Å²) >= 11 is 0. The summed E-state index contributed by atoms with van der Waals surface area (Å²) in [6.07, 6.45) is 1.98. The van der Waals surface area contributed by atoms with Crippen LogP contribution in [0.3, 0.4) is 0 Å². The molecule has 1 nitrogen and oxygen atoms in total. The van der Waals surface area contributed by atoms with E-state index in [0.717, 1.165) is 0 Å². The molecule has 0 saturated heterocycles. The van der Waals surface area contributed by atoms with Crippen molar-refractivity contribution in [3.05, 3.63) is 43.1 Å². The van der Waals surface area contributed by atoms with Crippen LogP contribution < -0.4 is 4.57 Å². The van der Waals surface area contributed by atoms with E-state index in [1.165, 1.54) is 5.69 Å². The molecular weight excluding hydrogens is 210 g/mol. The van der Waals surface area contributed by atoms with Crippen LogP contribution in [0.1, 0.15) is 20.8 Å². The lowest BCUT2D eigenvalue weighted by Gasteiger charge is -2.45. The molecule has 1 aromatic rings. The molecule has 16 heavy (non-hydrogen) atoms. The van der Waals surface area contributed by atoms with Crippen molar-refractivity contribution >= 4 is 13.9 Å². The Kier molecular flexibility index (Phi) is 3.63. The van der Waals surface area contributed by atoms with E-state index in [1.54, 1.807) is 0 Å². The van der Waals surface area contributed by atoms with Crippen molar-refractivity contribution in [3.8, 4) is 0 Å². The smallest absolute Gasteiger partial charge is 0.161 e. The van der Waals surface area contributed by atoms with Gasteiger partial charge in [0.15, 0.2) is 8.24 Å². The summed E-state index contributed by atoms with van der Waals surface area (Å²) in [4.78, 5) is 0. The Labute approximate surface area is 101 Å². The molecule has 2 heteroatoms. The first-order valence-corrected chi connectivity index (χ1v) is 8.72. The summed E-state index contributed by atoms with van der Waals surface area (Å²) in [6, 6.07) is 10.5. The van der Waals surface area contributed by atoms with Gasteiger partial charge in [0.1, 0.15) is 0 Å². The van der Waals surface area contributed by atoms with Gasteiger partial charge in [-0.1, -0.05) is 58.6 Å². The van der Waals surface area contributed by atoms with Gasteiger partial charge in [0.2, 0.25) is 0 Å². The van der Waals surface area contributed by atoms with Gasteiger partial charge in [-0.2, -0.15) is 0 Å². The Bertz CT molecular complexity index is 349. The van der Waals surface area contributed by atoms with Gasteiger partial charge in [-0.25, -0.2) is 0 Å². The topological polar surface area (TPSA) is 3.24 Å². The summed E-state index contributed by atoms with van der Waals surface area (Å²) in [6.45, 7) is 15.7. The largest absolute Gasteiger partial charge is 0.375 e. The molecule has 1 aromatic carbocycles. The summed E-state index contributed by atoms with van der Waals surface area (Å²) in [5.41, 5.74) is 1.25. The summed E-state index contributed by atoms with van der Waals surface area (Å²) in [5.74, 6) is 0. The van der Waals surface area contributed by atoms with Crippen LogP contribution >= 0.6 is 0 Å². The first kappa shape index (κ1) is 13.0. The van der Waals surface area contributed by atoms with Crippen molar-refractivity contribution in [1.29, 1.82) is 0 Å². The Hall–Kier alpha value is -1.02. The Balaban J connectivity index is 3.14. The van der Waals surface area contributed by atoms with Crippen LogP contribution in [0.2, 0.25) is 18.1 Å². The Morgan fingerprint density at radius 1 is 1.12 bits per heavy atom. The number of hydrogen-bond acceptors (Lipinski definition) is 1. The van der Waals surface area contributed by atoms with E-state index in [1.807, 2.05) is 6.20 Å². The lowest BCUT2D eigenvalue weighted by atomic mass is 10.2. The number of benzene rings is 1. The van der Waals surface area contributed by atoms with Gasteiger partial charge in [0.05, 0.1) is 0 Å². The molecule has 1 rings (SSSR count). The predicted octanol–water partition coefficient (Wildman–Crippen LogP) is 4.64. The molecule has 0 amide bonds. The second kappa shape index (κ2) is 4.46. The molecule has 0 aliphatic heterocycles. The second-order valence-corrected chi connectivity index (χ2v) is 10.8. The Morgan fingerprint density at radius 3 is 2.00 bits per heavy atom. The van der Waals surface area contributed by atoms with Gasteiger partial charge < -0.3 is 4.57 Å². The molecule has 0 aliphatic carbocycles. The maximum Gasteiger partial charge on any atom is 0.161 e. The average molecular weight is 233 g/mol. The van der Waals surface area contributed by atoms with E-state index >= 15 is 0 Å². The van der Waals surface area contributed by atoms with Crippen molar-refractivity contribution in [2.45, 2.75) is 38.9 Å². The first-order chi connectivity index (χ1) is 7.30. The molecule has 0 atom stereocenters. The zero-order valence-electron chi connectivity index (χ0n) is 11.1. The second-order valence-electron chi connectivity index (χ2n) is 5.70. The number of hydrogen-bond donors (Lipinski definition) is 0. The lowest BCUT2D eigenvalue weighted by molar-refractivity contribution is 0.715. The van der Waals surface area contributed by atoms with E-state index < -0.39 is 8.24 Å². The van der Waals surface area contributed by atoms with Crippen molar-refractivity contribution in [2.24, 2.45) is 0 Å². The van der Waals surface area contributed by atoms with Crippen LogP contribution in [0.25, 0.3) is 0 Å². The number of rotatable bonds is 3. The van der Waals surface area contributed by atoms with E-state index in [9.17, 15) is 0 Å². The molecule has 0 unspecified atom stereocenters. The van der Waals surface area contributed by atoms with Crippen molar-refractivity contribution in [2.75, 3.05) is 4.57 Å². The monoisotopic (exact) mass is 233 g/mol. The summed E-state index contributed by atoms with van der Waals surface area (Å²) < 4.78 is 2.38. The van der Waals surface area contributed by atoms with E-state index in [-0.39, 0.29) is 0 Å². The van der Waals surface area contributed by atoms with Gasteiger partial charge in [0.25, 0.3) is 0 Å². The minimum absolute atomic E-state index is 0.316. The van der Waals surface area contributed by atoms with Gasteiger partial charge in [-0.3, -0.25) is 0 Å². The zero-order valence-corrected chi connectivity index (χ0v) is 12.1. The molecule has 0 saturated carbocycles. The van der Waals surface area contributed by atoms with Crippen LogP contribution in [0.5, 0.6) is 0 Å². The number of para-hydroxylation sites is 1. The number of nitrogens with zero attached hydrogens (tertiary/aromatic N) is 1. The molecule has 0 heterocycles. The fourth-order valence-electron chi connectivity index (χ4n) is 1.61. The predicted molar refractivity (Wildman–Crippen MR) is 76.3 cm³/mol. The third-order valence-corrected chi connectivity index (χ3v) is 8.97. The highest BCUT2D eigenvalue weighted by Crippen LogP contribution is 2.40. The zero-order chi connectivity index (χ0) is 12.4. The van der Waals surface area contributed by atoms with Crippen LogP contribution in [-0.4, -0.2) is 8.24 Å². The third kappa shape index (κ3) is 2.38. The van der Waals surface area contributed by atoms with Gasteiger partial charge in [0, 0.05) is 5.69 Å². The molecule has 0 aliphatic rings. The van der Waals surface area contributed by atoms with Crippen LogP contribution in [0.15, 0.2) is 43.1 Å². The van der Waals surface area contributed by atoms with Crippen LogP contribution in [0.4, 0.5) is 5.69 Å². The highest BCUT2D eigenvalue weighted by atomic mass is 28.3. The Morgan fingerprint density at radius 2 is 1.62 bits per heavy atom. The minimum Gasteiger partial charge on any atom is -0.375 e. The molecule has 88 valence electrons. The van der Waals surface area contributed by atoms with E-state index in [4.69, 9.17) is 0 Å². The number of anilines is 1. The minimum atomic E-state index is -1.56. The van der Waals surface area contributed by atoms with Crippen molar-refractivity contribution < 1.29 is 0 Å². The SMILES string of the molecule is C=CN(c1ccccc1)[Si](C)(C)C(C)(C)C. The van der Waals surface area contributed by atoms with Crippen LogP contribution in [-0.2, 0) is 0 Å². The molecule has 0 aromatic heterocycles. The van der Waals surface area contributed by atoms with E-state index in [2.05, 4.69) is 75.3 Å². The van der Waals surface area contributed by atoms with Crippen molar-refractivity contribution in [1.82, 2.24) is 0 Å². The average Bonchev–Trinajstić information content (AvgIpc) is 2.18. The van der Waals surface area contributed by atoms with Gasteiger partial charge in [-0.15, -0.1) is 0 Å². The summed E-state index contributed by atoms with van der Waals surface area (Å²) in [5, 5.41) is 0.316. The van der Waals surface area contributed by atoms with Crippen molar-refractivity contribution in [3.63, 3.8) is 0 Å². The first-order valence-electron chi connectivity index (χ1n) is 5.77. The highest BCUT2D eigenvalue weighted by molar-refractivity contribution is 6.83. The standard InChI is InChI=1S/C14H23NSi/c1-7-15(13-11-9-8-10-12-13)16(5,6)14(2,3)4/h7-12H,1H2,2-6H3. The van der Waals surface area contributed by atoms with Gasteiger partial charge in [-0.05, 0) is 23.4 Å². The fourth-order valence-corrected chi connectivity index (χ4v) is 3.58. The molecule has 0 bridgehead atoms. The molecule has 0 radical (unpaired) electrons. The normalized spacial score (nSPS) is 12.3.